The molecule has 1 amide bonds. The molecule has 24 heavy (non-hydrogen) atoms. The maximum Gasteiger partial charge on any atom is 0.279 e. The van der Waals surface area contributed by atoms with E-state index in [0.717, 1.165) is 38.4 Å². The van der Waals surface area contributed by atoms with Crippen molar-refractivity contribution in [1.82, 2.24) is 15.2 Å². The van der Waals surface area contributed by atoms with Gasteiger partial charge in [0.2, 0.25) is 0 Å². The fraction of sp³-hybridized carbons (Fsp3) is 0.438. The molecule has 1 N–H and O–H groups in total. The summed E-state index contributed by atoms with van der Waals surface area (Å²) in [5.41, 5.74) is 2.14. The molecule has 1 aliphatic heterocycles. The number of hydrogen-bond donors (Lipinski definition) is 1. The second kappa shape index (κ2) is 7.19. The Labute approximate surface area is 145 Å². The lowest BCUT2D eigenvalue weighted by atomic mass is 10.2. The second-order valence-electron chi connectivity index (χ2n) is 5.71. The summed E-state index contributed by atoms with van der Waals surface area (Å²) in [4.78, 5) is 17.0. The van der Waals surface area contributed by atoms with Crippen LogP contribution in [-0.4, -0.2) is 53.8 Å². The van der Waals surface area contributed by atoms with E-state index in [1.807, 2.05) is 18.2 Å². The number of aromatic nitrogens is 2. The van der Waals surface area contributed by atoms with Gasteiger partial charge in [-0.1, -0.05) is 29.7 Å². The maximum absolute atomic E-state index is 12.4. The first-order valence-corrected chi connectivity index (χ1v) is 8.34. The van der Waals surface area contributed by atoms with Gasteiger partial charge in [-0.25, -0.2) is 4.63 Å². The standard InChI is InChI=1S/C16H20ClN5O2/c1-3-21-7-9-22(10-8-21)15-12(17)5-4-6-13(15)18-16(23)14-11(2)19-24-20-14/h4-6H,3,7-10H2,1-2H3,(H,18,23). The van der Waals surface area contributed by atoms with Gasteiger partial charge in [0.1, 0.15) is 5.69 Å². The molecule has 0 aliphatic carbocycles. The van der Waals surface area contributed by atoms with Crippen molar-refractivity contribution in [1.29, 1.82) is 0 Å². The van der Waals surface area contributed by atoms with Crippen LogP contribution in [-0.2, 0) is 0 Å². The molecular formula is C16H20ClN5O2. The Morgan fingerprint density at radius 1 is 1.29 bits per heavy atom. The van der Waals surface area contributed by atoms with Crippen molar-refractivity contribution in [3.63, 3.8) is 0 Å². The third kappa shape index (κ3) is 3.37. The lowest BCUT2D eigenvalue weighted by Gasteiger charge is -2.36. The molecule has 1 aliphatic rings. The predicted molar refractivity (Wildman–Crippen MR) is 92.8 cm³/mol. The first-order valence-electron chi connectivity index (χ1n) is 7.96. The molecule has 0 spiro atoms. The number of benzene rings is 1. The highest BCUT2D eigenvalue weighted by Gasteiger charge is 2.23. The van der Waals surface area contributed by atoms with Crippen LogP contribution < -0.4 is 10.2 Å². The van der Waals surface area contributed by atoms with E-state index in [2.05, 4.69) is 37.0 Å². The summed E-state index contributed by atoms with van der Waals surface area (Å²) in [7, 11) is 0. The number of likely N-dealkylation sites (N-methyl/N-ethyl adjacent to an activating group) is 1. The van der Waals surface area contributed by atoms with Crippen molar-refractivity contribution in [2.45, 2.75) is 13.8 Å². The fourth-order valence-electron chi connectivity index (χ4n) is 2.84. The highest BCUT2D eigenvalue weighted by atomic mass is 35.5. The molecule has 0 atom stereocenters. The van der Waals surface area contributed by atoms with Gasteiger partial charge in [-0.2, -0.15) is 0 Å². The van der Waals surface area contributed by atoms with E-state index >= 15 is 0 Å². The van der Waals surface area contributed by atoms with Gasteiger partial charge in [0, 0.05) is 26.2 Å². The molecule has 2 heterocycles. The highest BCUT2D eigenvalue weighted by Crippen LogP contribution is 2.34. The minimum Gasteiger partial charge on any atom is -0.366 e. The number of nitrogens with one attached hydrogen (secondary N) is 1. The minimum atomic E-state index is -0.357. The zero-order valence-corrected chi connectivity index (χ0v) is 14.5. The minimum absolute atomic E-state index is 0.178. The Balaban J connectivity index is 1.83. The summed E-state index contributed by atoms with van der Waals surface area (Å²) in [6.45, 7) is 8.55. The monoisotopic (exact) mass is 349 g/mol. The van der Waals surface area contributed by atoms with E-state index in [0.29, 0.717) is 16.4 Å². The Hall–Kier alpha value is -2.12. The van der Waals surface area contributed by atoms with Crippen LogP contribution in [0.5, 0.6) is 0 Å². The lowest BCUT2D eigenvalue weighted by Crippen LogP contribution is -2.46. The number of rotatable bonds is 4. The first kappa shape index (κ1) is 16.7. The number of anilines is 2. The molecule has 1 fully saturated rings. The molecule has 0 unspecified atom stereocenters. The molecule has 8 heteroatoms. The van der Waals surface area contributed by atoms with Gasteiger partial charge in [0.15, 0.2) is 5.69 Å². The van der Waals surface area contributed by atoms with Gasteiger partial charge in [0.25, 0.3) is 5.91 Å². The molecule has 1 saturated heterocycles. The second-order valence-corrected chi connectivity index (χ2v) is 6.12. The van der Waals surface area contributed by atoms with Crippen molar-refractivity contribution in [3.05, 3.63) is 34.6 Å². The van der Waals surface area contributed by atoms with E-state index in [1.54, 1.807) is 6.92 Å². The van der Waals surface area contributed by atoms with Crippen molar-refractivity contribution in [2.24, 2.45) is 0 Å². The normalized spacial score (nSPS) is 15.5. The van der Waals surface area contributed by atoms with Crippen LogP contribution in [0.25, 0.3) is 0 Å². The number of nitrogens with zero attached hydrogens (tertiary/aromatic N) is 4. The van der Waals surface area contributed by atoms with Gasteiger partial charge in [-0.3, -0.25) is 4.79 Å². The van der Waals surface area contributed by atoms with E-state index in [4.69, 9.17) is 11.6 Å². The number of hydrogen-bond acceptors (Lipinski definition) is 6. The summed E-state index contributed by atoms with van der Waals surface area (Å²) in [6, 6.07) is 5.49. The van der Waals surface area contributed by atoms with E-state index < -0.39 is 0 Å². The van der Waals surface area contributed by atoms with Crippen molar-refractivity contribution in [3.8, 4) is 0 Å². The van der Waals surface area contributed by atoms with Crippen LogP contribution >= 0.6 is 11.6 Å². The van der Waals surface area contributed by atoms with Gasteiger partial charge in [-0.15, -0.1) is 0 Å². The molecule has 1 aromatic carbocycles. The first-order chi connectivity index (χ1) is 11.6. The molecule has 1 aromatic heterocycles. The Morgan fingerprint density at radius 3 is 2.67 bits per heavy atom. The van der Waals surface area contributed by atoms with Crippen molar-refractivity contribution in [2.75, 3.05) is 42.9 Å². The Kier molecular flexibility index (Phi) is 5.01. The van der Waals surface area contributed by atoms with Crippen LogP contribution in [0, 0.1) is 6.92 Å². The van der Waals surface area contributed by atoms with Crippen LogP contribution in [0.3, 0.4) is 0 Å². The maximum atomic E-state index is 12.4. The zero-order chi connectivity index (χ0) is 17.1. The average Bonchev–Trinajstić information content (AvgIpc) is 3.01. The van der Waals surface area contributed by atoms with E-state index in [-0.39, 0.29) is 11.6 Å². The zero-order valence-electron chi connectivity index (χ0n) is 13.8. The summed E-state index contributed by atoms with van der Waals surface area (Å²) < 4.78 is 4.60. The van der Waals surface area contributed by atoms with Gasteiger partial charge in [0.05, 0.1) is 16.4 Å². The fourth-order valence-corrected chi connectivity index (χ4v) is 3.14. The number of carbonyl (C=O) groups is 1. The number of aryl methyl sites for hydroxylation is 1. The van der Waals surface area contributed by atoms with Gasteiger partial charge < -0.3 is 15.1 Å². The number of amides is 1. The third-order valence-electron chi connectivity index (χ3n) is 4.24. The summed E-state index contributed by atoms with van der Waals surface area (Å²) in [5, 5.41) is 10.8. The number of piperazine rings is 1. The average molecular weight is 350 g/mol. The molecule has 0 saturated carbocycles. The molecule has 2 aromatic rings. The largest absolute Gasteiger partial charge is 0.366 e. The van der Waals surface area contributed by atoms with Crippen LogP contribution in [0.2, 0.25) is 5.02 Å². The Bertz CT molecular complexity index is 725. The summed E-state index contributed by atoms with van der Waals surface area (Å²) in [5.74, 6) is -0.357. The topological polar surface area (TPSA) is 74.5 Å². The lowest BCUT2D eigenvalue weighted by molar-refractivity contribution is 0.101. The van der Waals surface area contributed by atoms with Crippen molar-refractivity contribution >= 4 is 28.9 Å². The SMILES string of the molecule is CCN1CCN(c2c(Cl)cccc2NC(=O)c2nonc2C)CC1. The number of para-hydroxylation sites is 1. The smallest absolute Gasteiger partial charge is 0.279 e. The van der Waals surface area contributed by atoms with Gasteiger partial charge >= 0.3 is 0 Å². The summed E-state index contributed by atoms with van der Waals surface area (Å²) in [6.07, 6.45) is 0. The molecule has 3 rings (SSSR count). The summed E-state index contributed by atoms with van der Waals surface area (Å²) >= 11 is 6.42. The third-order valence-corrected chi connectivity index (χ3v) is 4.54. The van der Waals surface area contributed by atoms with Gasteiger partial charge in [-0.05, 0) is 30.8 Å². The van der Waals surface area contributed by atoms with Crippen LogP contribution in [0.1, 0.15) is 23.1 Å². The molecule has 0 bridgehead atoms. The molecule has 7 nitrogen and oxygen atoms in total. The number of halogens is 1. The number of carbonyl (C=O) groups excluding carboxylic acids is 1. The van der Waals surface area contributed by atoms with Crippen LogP contribution in [0.15, 0.2) is 22.8 Å². The molecule has 0 radical (unpaired) electrons. The molecule has 128 valence electrons. The van der Waals surface area contributed by atoms with E-state index in [1.165, 1.54) is 0 Å². The van der Waals surface area contributed by atoms with Crippen molar-refractivity contribution < 1.29 is 9.42 Å². The molecular weight excluding hydrogens is 330 g/mol. The van der Waals surface area contributed by atoms with E-state index in [9.17, 15) is 4.79 Å². The van der Waals surface area contributed by atoms with Crippen LogP contribution in [0.4, 0.5) is 11.4 Å². The predicted octanol–water partition coefficient (Wildman–Crippen LogP) is 2.43. The quantitative estimate of drug-likeness (QED) is 0.913. The highest BCUT2D eigenvalue weighted by molar-refractivity contribution is 6.34. The Morgan fingerprint density at radius 2 is 2.04 bits per heavy atom.